The molecular formula is C20H20F3N3O3. The number of hydrogen-bond acceptors (Lipinski definition) is 5. The second-order valence-corrected chi connectivity index (χ2v) is 6.85. The molecule has 0 unspecified atom stereocenters. The molecule has 0 spiro atoms. The molecule has 1 fully saturated rings. The monoisotopic (exact) mass is 407 g/mol. The van der Waals surface area contributed by atoms with Crippen molar-refractivity contribution in [2.45, 2.75) is 12.6 Å². The summed E-state index contributed by atoms with van der Waals surface area (Å²) in [5, 5.41) is 10.7. The van der Waals surface area contributed by atoms with E-state index in [1.165, 1.54) is 30.3 Å². The number of rotatable bonds is 6. The van der Waals surface area contributed by atoms with E-state index in [2.05, 4.69) is 4.90 Å². The van der Waals surface area contributed by atoms with Crippen LogP contribution in [0.15, 0.2) is 48.5 Å². The van der Waals surface area contributed by atoms with E-state index in [1.54, 1.807) is 6.07 Å². The molecular weight excluding hydrogens is 387 g/mol. The van der Waals surface area contributed by atoms with Crippen LogP contribution in [0, 0.1) is 10.1 Å². The van der Waals surface area contributed by atoms with Crippen molar-refractivity contribution < 1.29 is 22.9 Å². The average Bonchev–Trinajstić information content (AvgIpc) is 2.72. The van der Waals surface area contributed by atoms with E-state index >= 15 is 0 Å². The quantitative estimate of drug-likeness (QED) is 0.411. The van der Waals surface area contributed by atoms with Crippen LogP contribution in [0.5, 0.6) is 0 Å². The van der Waals surface area contributed by atoms with Crippen molar-refractivity contribution in [1.82, 2.24) is 4.90 Å². The zero-order valence-electron chi connectivity index (χ0n) is 15.6. The van der Waals surface area contributed by atoms with E-state index in [4.69, 9.17) is 0 Å². The zero-order valence-corrected chi connectivity index (χ0v) is 15.6. The van der Waals surface area contributed by atoms with Crippen LogP contribution >= 0.6 is 0 Å². The number of anilines is 1. The van der Waals surface area contributed by atoms with E-state index in [0.717, 1.165) is 12.1 Å². The molecule has 1 aliphatic heterocycles. The van der Waals surface area contributed by atoms with Crippen LogP contribution in [0.2, 0.25) is 0 Å². The SMILES string of the molecule is O=C(CCN1CCN(c2cccc(C(F)(F)F)c2)CC1)c1ccc([N+](=O)[O-])cc1. The Labute approximate surface area is 165 Å². The molecule has 3 rings (SSSR count). The number of piperazine rings is 1. The number of alkyl halides is 3. The van der Waals surface area contributed by atoms with E-state index in [9.17, 15) is 28.1 Å². The molecule has 0 amide bonds. The summed E-state index contributed by atoms with van der Waals surface area (Å²) >= 11 is 0. The number of nitro groups is 1. The van der Waals surface area contributed by atoms with Gasteiger partial charge in [-0.15, -0.1) is 0 Å². The Kier molecular flexibility index (Phi) is 6.17. The fourth-order valence-electron chi connectivity index (χ4n) is 3.28. The molecule has 0 aromatic heterocycles. The first-order chi connectivity index (χ1) is 13.7. The highest BCUT2D eigenvalue weighted by atomic mass is 19.4. The molecule has 1 heterocycles. The number of nitro benzene ring substituents is 1. The molecule has 2 aromatic rings. The van der Waals surface area contributed by atoms with Crippen molar-refractivity contribution in [3.8, 4) is 0 Å². The lowest BCUT2D eigenvalue weighted by molar-refractivity contribution is -0.384. The summed E-state index contributed by atoms with van der Waals surface area (Å²) in [6.45, 7) is 2.97. The highest BCUT2D eigenvalue weighted by Gasteiger charge is 2.31. The first-order valence-corrected chi connectivity index (χ1v) is 9.16. The molecule has 9 heteroatoms. The number of ketones is 1. The van der Waals surface area contributed by atoms with Gasteiger partial charge < -0.3 is 4.90 Å². The van der Waals surface area contributed by atoms with Crippen LogP contribution in [0.25, 0.3) is 0 Å². The van der Waals surface area contributed by atoms with Crippen LogP contribution in [0.4, 0.5) is 24.5 Å². The third-order valence-corrected chi connectivity index (χ3v) is 4.97. The minimum atomic E-state index is -4.37. The molecule has 6 nitrogen and oxygen atoms in total. The highest BCUT2D eigenvalue weighted by molar-refractivity contribution is 5.96. The molecule has 1 saturated heterocycles. The lowest BCUT2D eigenvalue weighted by Gasteiger charge is -2.36. The van der Waals surface area contributed by atoms with Gasteiger partial charge in [-0.05, 0) is 30.3 Å². The van der Waals surface area contributed by atoms with E-state index in [1.807, 2.05) is 4.90 Å². The molecule has 0 N–H and O–H groups in total. The van der Waals surface area contributed by atoms with Gasteiger partial charge in [-0.1, -0.05) is 6.07 Å². The molecule has 1 aliphatic rings. The lowest BCUT2D eigenvalue weighted by atomic mass is 10.1. The maximum Gasteiger partial charge on any atom is 0.416 e. The highest BCUT2D eigenvalue weighted by Crippen LogP contribution is 2.31. The molecule has 0 aliphatic carbocycles. The zero-order chi connectivity index (χ0) is 21.0. The fourth-order valence-corrected chi connectivity index (χ4v) is 3.28. The standard InChI is InChI=1S/C20H20F3N3O3/c21-20(22,23)16-2-1-3-18(14-16)25-12-10-24(11-13-25)9-8-19(27)15-4-6-17(7-5-15)26(28)29/h1-7,14H,8-13H2. The van der Waals surface area contributed by atoms with Gasteiger partial charge in [0.15, 0.2) is 5.78 Å². The van der Waals surface area contributed by atoms with Gasteiger partial charge in [0.1, 0.15) is 0 Å². The minimum absolute atomic E-state index is 0.0627. The number of halogens is 3. The molecule has 2 aromatic carbocycles. The predicted octanol–water partition coefficient (Wildman–Crippen LogP) is 4.01. The lowest BCUT2D eigenvalue weighted by Crippen LogP contribution is -2.47. The summed E-state index contributed by atoms with van der Waals surface area (Å²) in [6, 6.07) is 10.8. The predicted molar refractivity (Wildman–Crippen MR) is 102 cm³/mol. The first-order valence-electron chi connectivity index (χ1n) is 9.16. The number of nitrogens with zero attached hydrogens (tertiary/aromatic N) is 3. The van der Waals surface area contributed by atoms with Crippen molar-refractivity contribution in [3.63, 3.8) is 0 Å². The number of hydrogen-bond donors (Lipinski definition) is 0. The Morgan fingerprint density at radius 2 is 1.69 bits per heavy atom. The van der Waals surface area contributed by atoms with Crippen molar-refractivity contribution in [2.24, 2.45) is 0 Å². The third-order valence-electron chi connectivity index (χ3n) is 4.97. The second-order valence-electron chi connectivity index (χ2n) is 6.85. The van der Waals surface area contributed by atoms with Crippen LogP contribution in [-0.4, -0.2) is 48.3 Å². The summed E-state index contributed by atoms with van der Waals surface area (Å²) in [5.41, 5.74) is 0.248. The van der Waals surface area contributed by atoms with Gasteiger partial charge in [0, 0.05) is 62.5 Å². The van der Waals surface area contributed by atoms with Gasteiger partial charge >= 0.3 is 6.18 Å². The molecule has 0 radical (unpaired) electrons. The Hall–Kier alpha value is -2.94. The normalized spacial score (nSPS) is 15.3. The van der Waals surface area contributed by atoms with E-state index in [0.29, 0.717) is 44.0 Å². The number of carbonyl (C=O) groups excluding carboxylic acids is 1. The fraction of sp³-hybridized carbons (Fsp3) is 0.350. The van der Waals surface area contributed by atoms with Crippen LogP contribution in [0.1, 0.15) is 22.3 Å². The van der Waals surface area contributed by atoms with Crippen molar-refractivity contribution >= 4 is 17.2 Å². The molecule has 29 heavy (non-hydrogen) atoms. The Morgan fingerprint density at radius 1 is 1.03 bits per heavy atom. The van der Waals surface area contributed by atoms with Crippen molar-refractivity contribution in [2.75, 3.05) is 37.6 Å². The topological polar surface area (TPSA) is 66.7 Å². The van der Waals surface area contributed by atoms with Crippen LogP contribution in [-0.2, 0) is 6.18 Å². The average molecular weight is 407 g/mol. The third kappa shape index (κ3) is 5.32. The van der Waals surface area contributed by atoms with Gasteiger partial charge in [-0.2, -0.15) is 13.2 Å². The number of Topliss-reactive ketones (excluding diaryl/α,β-unsaturated/α-hetero) is 1. The van der Waals surface area contributed by atoms with Crippen LogP contribution < -0.4 is 4.90 Å². The summed E-state index contributed by atoms with van der Waals surface area (Å²) in [4.78, 5) is 26.4. The summed E-state index contributed by atoms with van der Waals surface area (Å²) in [5.74, 6) is -0.0970. The smallest absolute Gasteiger partial charge is 0.369 e. The minimum Gasteiger partial charge on any atom is -0.369 e. The molecule has 154 valence electrons. The maximum atomic E-state index is 12.9. The van der Waals surface area contributed by atoms with Gasteiger partial charge in [0.25, 0.3) is 5.69 Å². The van der Waals surface area contributed by atoms with Gasteiger partial charge in [-0.3, -0.25) is 19.8 Å². The Morgan fingerprint density at radius 3 is 2.28 bits per heavy atom. The summed E-state index contributed by atoms with van der Waals surface area (Å²) in [7, 11) is 0. The van der Waals surface area contributed by atoms with Gasteiger partial charge in [-0.25, -0.2) is 0 Å². The molecule has 0 bridgehead atoms. The molecule has 0 atom stereocenters. The molecule has 0 saturated carbocycles. The second kappa shape index (κ2) is 8.60. The summed E-state index contributed by atoms with van der Waals surface area (Å²) < 4.78 is 38.6. The number of non-ortho nitro benzene ring substituents is 1. The Bertz CT molecular complexity index is 877. The van der Waals surface area contributed by atoms with Gasteiger partial charge in [0.2, 0.25) is 0 Å². The maximum absolute atomic E-state index is 12.9. The summed E-state index contributed by atoms with van der Waals surface area (Å²) in [6.07, 6.45) is -4.09. The van der Waals surface area contributed by atoms with E-state index < -0.39 is 16.7 Å². The number of benzene rings is 2. The largest absolute Gasteiger partial charge is 0.416 e. The van der Waals surface area contributed by atoms with Crippen molar-refractivity contribution in [1.29, 1.82) is 0 Å². The number of carbonyl (C=O) groups is 1. The van der Waals surface area contributed by atoms with Crippen LogP contribution in [0.3, 0.4) is 0 Å². The van der Waals surface area contributed by atoms with Gasteiger partial charge in [0.05, 0.1) is 10.5 Å². The first kappa shape index (κ1) is 20.8. The Balaban J connectivity index is 1.50. The van der Waals surface area contributed by atoms with E-state index in [-0.39, 0.29) is 17.9 Å². The van der Waals surface area contributed by atoms with Crippen molar-refractivity contribution in [3.05, 3.63) is 69.8 Å².